The summed E-state index contributed by atoms with van der Waals surface area (Å²) in [6.45, 7) is 2.51. The number of carbonyl (C=O) groups is 3. The van der Waals surface area contributed by atoms with E-state index in [0.717, 1.165) is 148 Å². The largest absolute Gasteiger partial charge is 0.472 e. The number of ether oxygens (including phenoxy) is 3. The Kier molecular flexibility index (Phi) is 87.1. The van der Waals surface area contributed by atoms with E-state index in [9.17, 15) is 43.5 Å². The minimum absolute atomic E-state index is 0.108. The molecule has 0 aromatic carbocycles. The smallest absolute Gasteiger partial charge is 0.463 e. The lowest BCUT2D eigenvalue weighted by atomic mass is 10.0. The van der Waals surface area contributed by atoms with Gasteiger partial charge >= 0.3 is 33.6 Å². The zero-order valence-electron chi connectivity index (χ0n) is 74.3. The Labute approximate surface area is 715 Å². The van der Waals surface area contributed by atoms with Crippen LogP contribution in [0.25, 0.3) is 0 Å². The first-order valence-electron chi connectivity index (χ1n) is 47.1. The van der Waals surface area contributed by atoms with Crippen LogP contribution in [0.15, 0.2) is 146 Å². The van der Waals surface area contributed by atoms with Gasteiger partial charge < -0.3 is 34.2 Å². The summed E-state index contributed by atoms with van der Waals surface area (Å²) in [5.41, 5.74) is 0. The summed E-state index contributed by atoms with van der Waals surface area (Å²) in [7, 11) is -9.79. The van der Waals surface area contributed by atoms with E-state index < -0.39 is 91.5 Å². The first kappa shape index (κ1) is 112. The van der Waals surface area contributed by atoms with Crippen LogP contribution in [0.3, 0.4) is 0 Å². The van der Waals surface area contributed by atoms with Crippen molar-refractivity contribution in [1.82, 2.24) is 0 Å². The van der Waals surface area contributed by atoms with Crippen molar-refractivity contribution in [3.05, 3.63) is 146 Å². The van der Waals surface area contributed by atoms with Gasteiger partial charge in [0.1, 0.15) is 25.4 Å². The number of allylic oxidation sites excluding steroid dienone is 24. The molecule has 0 amide bonds. The van der Waals surface area contributed by atoms with Crippen LogP contribution in [0.4, 0.5) is 0 Å². The van der Waals surface area contributed by atoms with Gasteiger partial charge in [0, 0.05) is 19.3 Å². The highest BCUT2D eigenvalue weighted by Gasteiger charge is 2.30. The van der Waals surface area contributed by atoms with Crippen LogP contribution in [0.2, 0.25) is 0 Å². The van der Waals surface area contributed by atoms with Crippen LogP contribution < -0.4 is 0 Å². The lowest BCUT2D eigenvalue weighted by Crippen LogP contribution is -2.30. The summed E-state index contributed by atoms with van der Waals surface area (Å²) < 4.78 is 61.4. The number of hydrogen-bond donors (Lipinski definition) is 4. The number of aliphatic hydroxyl groups excluding tert-OH is 2. The number of phosphoric acid groups is 2. The van der Waals surface area contributed by atoms with Crippen molar-refractivity contribution in [3.8, 4) is 0 Å². The number of aliphatic hydroxyl groups is 2. The van der Waals surface area contributed by atoms with Crippen LogP contribution in [0, 0.1) is 0 Å². The van der Waals surface area contributed by atoms with Gasteiger partial charge in [-0.2, -0.15) is 0 Å². The van der Waals surface area contributed by atoms with Crippen LogP contribution in [-0.2, 0) is 55.8 Å². The second-order valence-electron chi connectivity index (χ2n) is 31.4. The summed E-state index contributed by atoms with van der Waals surface area (Å²) in [5, 5.41) is 20.7. The number of esters is 3. The summed E-state index contributed by atoms with van der Waals surface area (Å²) in [5.74, 6) is -1.56. The Morgan fingerprint density at radius 3 is 0.718 bits per heavy atom. The SMILES string of the molecule is CC/C=C\C/C=C\C/C=C\C/C=C\C/C=C\C/C=C\CCCCCCCCCCCCCCCCCCC(=O)OCC(O)COP(=O)(O)OCC(O)COP(=O)(O)OCC(COC(=O)CCCCCCCCCCCCCCCC/C=C\C/C=C\C/C=C\C/C=C\C/C=C\C/C=C\CC)OC(=O)CCCCCCCCCCCCCCC. The maximum absolute atomic E-state index is 13.0. The molecule has 16 nitrogen and oxygen atoms in total. The molecule has 117 heavy (non-hydrogen) atoms. The van der Waals surface area contributed by atoms with Crippen molar-refractivity contribution in [3.63, 3.8) is 0 Å². The molecule has 5 atom stereocenters. The molecule has 0 aliphatic rings. The Hall–Kier alpha value is -4.57. The molecular weight excluding hydrogens is 1510 g/mol. The minimum atomic E-state index is -4.93. The number of phosphoric ester groups is 2. The van der Waals surface area contributed by atoms with Gasteiger partial charge in [-0.05, 0) is 122 Å². The Morgan fingerprint density at radius 2 is 0.453 bits per heavy atom. The summed E-state index contributed by atoms with van der Waals surface area (Å²) in [6, 6.07) is 0. The lowest BCUT2D eigenvalue weighted by molar-refractivity contribution is -0.161. The van der Waals surface area contributed by atoms with Crippen molar-refractivity contribution >= 4 is 33.6 Å². The second-order valence-corrected chi connectivity index (χ2v) is 34.3. The van der Waals surface area contributed by atoms with Gasteiger partial charge in [-0.25, -0.2) is 9.13 Å². The number of unbranched alkanes of at least 4 members (excludes halogenated alkanes) is 42. The van der Waals surface area contributed by atoms with E-state index in [-0.39, 0.29) is 19.3 Å². The van der Waals surface area contributed by atoms with Gasteiger partial charge in [0.25, 0.3) is 0 Å². The minimum Gasteiger partial charge on any atom is -0.463 e. The molecule has 0 heterocycles. The zero-order chi connectivity index (χ0) is 85.1. The Morgan fingerprint density at radius 1 is 0.248 bits per heavy atom. The average molecular weight is 1680 g/mol. The molecule has 4 N–H and O–H groups in total. The predicted molar refractivity (Wildman–Crippen MR) is 491 cm³/mol. The van der Waals surface area contributed by atoms with Crippen molar-refractivity contribution in [1.29, 1.82) is 0 Å². The molecule has 18 heteroatoms. The molecule has 0 fully saturated rings. The molecule has 0 spiro atoms. The van der Waals surface area contributed by atoms with Crippen molar-refractivity contribution in [2.24, 2.45) is 0 Å². The van der Waals surface area contributed by atoms with Crippen LogP contribution >= 0.6 is 15.6 Å². The normalized spacial score (nSPS) is 14.4. The van der Waals surface area contributed by atoms with E-state index in [4.69, 9.17) is 32.3 Å². The third kappa shape index (κ3) is 92.0. The highest BCUT2D eigenvalue weighted by molar-refractivity contribution is 7.47. The van der Waals surface area contributed by atoms with Crippen molar-refractivity contribution in [2.45, 2.75) is 424 Å². The standard InChI is InChI=1S/C99H172O16P2/c1-4-7-10-13-16-19-22-25-27-29-31-33-35-37-39-41-43-45-46-48-50-51-53-55-57-59-61-63-65-68-70-73-76-79-82-85-97(102)109-88-94(100)89-111-116(105,106)112-90-95(101)91-113-117(107,108)114-93-96(115-99(104)87-84-81-78-75-72-67-24-21-18-15-12-9-6-3)92-110-98(103)86-83-80-77-74-71-69-66-64-62-60-58-56-54-52-49-47-44-42-40-38-36-34-32-30-28-26-23-20-17-14-11-8-5-2/h7-8,10-11,16-17,19-20,25-28,31-34,37-40,43-45,47,94-96,100-101H,4-6,9,12-15,18,21-24,29-30,35-36,41-42,46,48-93H2,1-3H3,(H,105,106)(H,107,108)/b10-7-,11-8-,19-16-,20-17-,27-25-,28-26-,33-31-,34-32-,39-37-,40-38-,45-43-,47-44-. The van der Waals surface area contributed by atoms with Gasteiger partial charge in [0.15, 0.2) is 6.10 Å². The molecule has 0 saturated carbocycles. The van der Waals surface area contributed by atoms with Crippen molar-refractivity contribution < 1.29 is 75.8 Å². The second kappa shape index (κ2) is 90.7. The summed E-state index contributed by atoms with van der Waals surface area (Å²) in [4.78, 5) is 58.9. The predicted octanol–water partition coefficient (Wildman–Crippen LogP) is 29.1. The molecule has 0 aromatic rings. The highest BCUT2D eigenvalue weighted by atomic mass is 31.2. The first-order valence-corrected chi connectivity index (χ1v) is 50.1. The molecule has 0 saturated heterocycles. The van der Waals surface area contributed by atoms with E-state index in [2.05, 4.69) is 167 Å². The van der Waals surface area contributed by atoms with E-state index in [1.165, 1.54) is 199 Å². The molecule has 0 bridgehead atoms. The molecule has 0 radical (unpaired) electrons. The van der Waals surface area contributed by atoms with Gasteiger partial charge in [0.2, 0.25) is 0 Å². The van der Waals surface area contributed by atoms with Gasteiger partial charge in [0.05, 0.1) is 26.4 Å². The fourth-order valence-corrected chi connectivity index (χ4v) is 14.6. The number of hydrogen-bond acceptors (Lipinski definition) is 14. The molecule has 0 aliphatic heterocycles. The third-order valence-electron chi connectivity index (χ3n) is 20.1. The van der Waals surface area contributed by atoms with Gasteiger partial charge in [-0.3, -0.25) is 32.5 Å². The average Bonchev–Trinajstić information content (AvgIpc) is 0.900. The molecule has 0 aliphatic carbocycles. The molecule has 0 rings (SSSR count). The lowest BCUT2D eigenvalue weighted by Gasteiger charge is -2.21. The van der Waals surface area contributed by atoms with Crippen LogP contribution in [-0.4, -0.2) is 95.9 Å². The van der Waals surface area contributed by atoms with Crippen molar-refractivity contribution in [2.75, 3.05) is 39.6 Å². The molecule has 5 unspecified atom stereocenters. The monoisotopic (exact) mass is 1680 g/mol. The summed E-state index contributed by atoms with van der Waals surface area (Å²) in [6.07, 6.45) is 115. The molecule has 0 aromatic heterocycles. The Bertz CT molecular complexity index is 2710. The quantitative estimate of drug-likeness (QED) is 0.0146. The fourth-order valence-electron chi connectivity index (χ4n) is 13.0. The zero-order valence-corrected chi connectivity index (χ0v) is 76.1. The van der Waals surface area contributed by atoms with E-state index in [0.29, 0.717) is 19.3 Å². The molecule has 674 valence electrons. The first-order chi connectivity index (χ1) is 57.2. The fraction of sp³-hybridized carbons (Fsp3) is 0.727. The maximum Gasteiger partial charge on any atom is 0.472 e. The Balaban J connectivity index is 4.37. The van der Waals surface area contributed by atoms with E-state index >= 15 is 0 Å². The van der Waals surface area contributed by atoms with Crippen LogP contribution in [0.1, 0.15) is 406 Å². The summed E-state index contributed by atoms with van der Waals surface area (Å²) >= 11 is 0. The van der Waals surface area contributed by atoms with Gasteiger partial charge in [-0.15, -0.1) is 0 Å². The number of rotatable bonds is 89. The molecular formula is C99H172O16P2. The topological polar surface area (TPSA) is 231 Å². The van der Waals surface area contributed by atoms with Gasteiger partial charge in [-0.1, -0.05) is 411 Å². The highest BCUT2D eigenvalue weighted by Crippen LogP contribution is 2.45. The van der Waals surface area contributed by atoms with E-state index in [1.807, 2.05) is 0 Å². The maximum atomic E-state index is 13.0. The van der Waals surface area contributed by atoms with Crippen LogP contribution in [0.5, 0.6) is 0 Å². The number of carbonyl (C=O) groups excluding carboxylic acids is 3. The third-order valence-corrected chi connectivity index (χ3v) is 22.0. The van der Waals surface area contributed by atoms with E-state index in [1.54, 1.807) is 0 Å².